The van der Waals surface area contributed by atoms with E-state index in [0.717, 1.165) is 0 Å². The summed E-state index contributed by atoms with van der Waals surface area (Å²) in [4.78, 5) is 23.1. The highest BCUT2D eigenvalue weighted by molar-refractivity contribution is 6.35. The maximum atomic E-state index is 11.6. The summed E-state index contributed by atoms with van der Waals surface area (Å²) in [6.07, 6.45) is 2.64. The van der Waals surface area contributed by atoms with Crippen molar-refractivity contribution >= 4 is 47.0 Å². The number of ether oxygens (including phenoxy) is 1. The Balaban J connectivity index is 1.82. The van der Waals surface area contributed by atoms with E-state index < -0.39 is 18.5 Å². The van der Waals surface area contributed by atoms with E-state index >= 15 is 0 Å². The van der Waals surface area contributed by atoms with Crippen molar-refractivity contribution < 1.29 is 18.8 Å². The first kappa shape index (κ1) is 17.1. The summed E-state index contributed by atoms with van der Waals surface area (Å²) in [5, 5.41) is 6.91. The molecule has 1 heterocycles. The second-order valence-corrected chi connectivity index (χ2v) is 5.32. The smallest absolute Gasteiger partial charge is 0.331 e. The van der Waals surface area contributed by atoms with Crippen LogP contribution in [0.4, 0.5) is 5.82 Å². The van der Waals surface area contributed by atoms with Crippen LogP contribution in [0.5, 0.6) is 0 Å². The van der Waals surface area contributed by atoms with Crippen LogP contribution in [0, 0.1) is 6.92 Å². The van der Waals surface area contributed by atoms with Gasteiger partial charge in [0.1, 0.15) is 5.76 Å². The molecule has 2 rings (SSSR count). The summed E-state index contributed by atoms with van der Waals surface area (Å²) in [5.74, 6) is -0.390. The van der Waals surface area contributed by atoms with Gasteiger partial charge < -0.3 is 14.6 Å². The van der Waals surface area contributed by atoms with Crippen molar-refractivity contribution in [1.82, 2.24) is 5.16 Å². The number of nitrogens with one attached hydrogen (secondary N) is 1. The molecule has 0 saturated heterocycles. The van der Waals surface area contributed by atoms with E-state index in [1.54, 1.807) is 31.2 Å². The van der Waals surface area contributed by atoms with Crippen LogP contribution in [0.15, 0.2) is 34.9 Å². The molecule has 8 heteroatoms. The first-order valence-electron chi connectivity index (χ1n) is 6.47. The molecular formula is C15H12Cl2N2O4. The van der Waals surface area contributed by atoms with Gasteiger partial charge in [-0.15, -0.1) is 0 Å². The lowest BCUT2D eigenvalue weighted by Crippen LogP contribution is -2.20. The second-order valence-electron chi connectivity index (χ2n) is 4.48. The molecule has 0 radical (unpaired) electrons. The van der Waals surface area contributed by atoms with Gasteiger partial charge in [-0.25, -0.2) is 4.79 Å². The van der Waals surface area contributed by atoms with E-state index in [4.69, 9.17) is 32.5 Å². The lowest BCUT2D eigenvalue weighted by Gasteiger charge is -2.02. The number of amides is 1. The third kappa shape index (κ3) is 5.43. The van der Waals surface area contributed by atoms with Crippen LogP contribution in [-0.2, 0) is 14.3 Å². The zero-order valence-corrected chi connectivity index (χ0v) is 13.5. The molecule has 120 valence electrons. The van der Waals surface area contributed by atoms with Crippen molar-refractivity contribution in [3.8, 4) is 0 Å². The number of anilines is 1. The summed E-state index contributed by atoms with van der Waals surface area (Å²) in [6.45, 7) is 1.25. The maximum Gasteiger partial charge on any atom is 0.331 e. The number of carbonyl (C=O) groups is 2. The van der Waals surface area contributed by atoms with E-state index in [2.05, 4.69) is 10.5 Å². The molecule has 0 aliphatic carbocycles. The predicted octanol–water partition coefficient (Wildman–Crippen LogP) is 3.48. The largest absolute Gasteiger partial charge is 0.452 e. The van der Waals surface area contributed by atoms with Crippen LogP contribution in [-0.4, -0.2) is 23.6 Å². The van der Waals surface area contributed by atoms with E-state index in [1.165, 1.54) is 12.2 Å². The van der Waals surface area contributed by atoms with Gasteiger partial charge in [-0.2, -0.15) is 0 Å². The number of aromatic nitrogens is 1. The summed E-state index contributed by atoms with van der Waals surface area (Å²) in [7, 11) is 0. The third-order valence-corrected chi connectivity index (χ3v) is 3.16. The predicted molar refractivity (Wildman–Crippen MR) is 86.3 cm³/mol. The first-order valence-corrected chi connectivity index (χ1v) is 7.22. The second kappa shape index (κ2) is 7.80. The summed E-state index contributed by atoms with van der Waals surface area (Å²) >= 11 is 11.7. The number of benzene rings is 1. The number of hydrogen-bond donors (Lipinski definition) is 1. The molecule has 1 aromatic carbocycles. The zero-order valence-electron chi connectivity index (χ0n) is 12.0. The molecule has 0 saturated carbocycles. The summed E-state index contributed by atoms with van der Waals surface area (Å²) < 4.78 is 9.60. The lowest BCUT2D eigenvalue weighted by molar-refractivity contribution is -0.142. The number of esters is 1. The fourth-order valence-electron chi connectivity index (χ4n) is 1.58. The van der Waals surface area contributed by atoms with Crippen molar-refractivity contribution in [2.75, 3.05) is 11.9 Å². The number of halogens is 2. The van der Waals surface area contributed by atoms with Crippen molar-refractivity contribution in [2.24, 2.45) is 0 Å². The fraction of sp³-hybridized carbons (Fsp3) is 0.133. The van der Waals surface area contributed by atoms with Crippen LogP contribution in [0.2, 0.25) is 10.0 Å². The molecule has 0 bridgehead atoms. The highest BCUT2D eigenvalue weighted by Gasteiger charge is 2.08. The molecule has 6 nitrogen and oxygen atoms in total. The molecule has 0 aliphatic heterocycles. The average molecular weight is 355 g/mol. The van der Waals surface area contributed by atoms with Crippen molar-refractivity contribution in [3.63, 3.8) is 0 Å². The molecule has 0 fully saturated rings. The number of hydrogen-bond acceptors (Lipinski definition) is 5. The quantitative estimate of drug-likeness (QED) is 0.656. The highest BCUT2D eigenvalue weighted by Crippen LogP contribution is 2.21. The molecule has 1 amide bonds. The standard InChI is InChI=1S/C15H12Cl2N2O4/c1-9-6-13(19-23-9)18-14(20)8-22-15(21)5-3-10-2-4-11(16)7-12(10)17/h2-7H,8H2,1H3,(H,18,19,20)/b5-3+. The Kier molecular flexibility index (Phi) is 5.78. The Morgan fingerprint density at radius 1 is 1.35 bits per heavy atom. The molecule has 1 N–H and O–H groups in total. The molecule has 2 aromatic rings. The van der Waals surface area contributed by atoms with E-state index in [9.17, 15) is 9.59 Å². The summed E-state index contributed by atoms with van der Waals surface area (Å²) in [5.41, 5.74) is 0.607. The number of aryl methyl sites for hydroxylation is 1. The van der Waals surface area contributed by atoms with Crippen molar-refractivity contribution in [1.29, 1.82) is 0 Å². The van der Waals surface area contributed by atoms with Gasteiger partial charge >= 0.3 is 5.97 Å². The Morgan fingerprint density at radius 2 is 2.13 bits per heavy atom. The first-order chi connectivity index (χ1) is 10.9. The Morgan fingerprint density at radius 3 is 2.78 bits per heavy atom. The van der Waals surface area contributed by atoms with Gasteiger partial charge in [0.2, 0.25) is 0 Å². The zero-order chi connectivity index (χ0) is 16.8. The van der Waals surface area contributed by atoms with Crippen LogP contribution in [0.1, 0.15) is 11.3 Å². The molecule has 0 aliphatic rings. The van der Waals surface area contributed by atoms with Crippen LogP contribution in [0.25, 0.3) is 6.08 Å². The van der Waals surface area contributed by atoms with Crippen LogP contribution >= 0.6 is 23.2 Å². The van der Waals surface area contributed by atoms with Gasteiger partial charge in [0.15, 0.2) is 12.4 Å². The topological polar surface area (TPSA) is 81.4 Å². The Bertz CT molecular complexity index is 756. The van der Waals surface area contributed by atoms with E-state index in [-0.39, 0.29) is 5.82 Å². The normalized spacial score (nSPS) is 10.7. The minimum Gasteiger partial charge on any atom is -0.452 e. The molecule has 1 aromatic heterocycles. The third-order valence-electron chi connectivity index (χ3n) is 2.60. The Labute approximate surface area is 142 Å². The lowest BCUT2D eigenvalue weighted by atomic mass is 10.2. The van der Waals surface area contributed by atoms with E-state index in [0.29, 0.717) is 21.4 Å². The fourth-order valence-corrected chi connectivity index (χ4v) is 2.06. The minimum absolute atomic E-state index is 0.257. The van der Waals surface area contributed by atoms with Gasteiger partial charge in [-0.3, -0.25) is 4.79 Å². The minimum atomic E-state index is -0.678. The summed E-state index contributed by atoms with van der Waals surface area (Å²) in [6, 6.07) is 6.41. The highest BCUT2D eigenvalue weighted by atomic mass is 35.5. The number of carbonyl (C=O) groups excluding carboxylic acids is 2. The molecule has 0 spiro atoms. The van der Waals surface area contributed by atoms with Crippen molar-refractivity contribution in [3.05, 3.63) is 51.7 Å². The van der Waals surface area contributed by atoms with Gasteiger partial charge in [-0.05, 0) is 30.7 Å². The van der Waals surface area contributed by atoms with Gasteiger partial charge in [-0.1, -0.05) is 34.4 Å². The molecule has 0 unspecified atom stereocenters. The van der Waals surface area contributed by atoms with Crippen LogP contribution in [0.3, 0.4) is 0 Å². The van der Waals surface area contributed by atoms with Gasteiger partial charge in [0.05, 0.1) is 0 Å². The maximum absolute atomic E-state index is 11.6. The number of nitrogens with zero attached hydrogens (tertiary/aromatic N) is 1. The molecule has 0 atom stereocenters. The van der Waals surface area contributed by atoms with Gasteiger partial charge in [0.25, 0.3) is 5.91 Å². The molecule has 23 heavy (non-hydrogen) atoms. The van der Waals surface area contributed by atoms with Crippen molar-refractivity contribution in [2.45, 2.75) is 6.92 Å². The number of rotatable bonds is 5. The van der Waals surface area contributed by atoms with Crippen LogP contribution < -0.4 is 5.32 Å². The monoisotopic (exact) mass is 354 g/mol. The SMILES string of the molecule is Cc1cc(NC(=O)COC(=O)/C=C/c2ccc(Cl)cc2Cl)no1. The van der Waals surface area contributed by atoms with Gasteiger partial charge in [0, 0.05) is 22.2 Å². The van der Waals surface area contributed by atoms with E-state index in [1.807, 2.05) is 0 Å². The Hall–Kier alpha value is -2.31. The molecular weight excluding hydrogens is 343 g/mol. The average Bonchev–Trinajstić information content (AvgIpc) is 2.89.